The molecule has 1 N–H and O–H groups in total. The number of aliphatic carboxylic acids is 1. The van der Waals surface area contributed by atoms with Gasteiger partial charge in [-0.2, -0.15) is 13.2 Å². The maximum atomic E-state index is 12.9. The number of aromatic nitrogens is 1. The van der Waals surface area contributed by atoms with Crippen LogP contribution in [0.25, 0.3) is 10.4 Å². The zero-order valence-electron chi connectivity index (χ0n) is 39.4. The van der Waals surface area contributed by atoms with E-state index in [1.165, 1.54) is 164 Å². The summed E-state index contributed by atoms with van der Waals surface area (Å²) in [6.07, 6.45) is 31.8. The molecule has 0 saturated heterocycles. The predicted molar refractivity (Wildman–Crippen MR) is 257 cm³/mol. The topological polar surface area (TPSA) is 71.9 Å². The van der Waals surface area contributed by atoms with E-state index in [0.717, 1.165) is 98.4 Å². The Bertz CT molecular complexity index is 1610. The molecule has 2 aromatic carbocycles. The molecule has 0 spiro atoms. The molecule has 4 rings (SSSR count). The summed E-state index contributed by atoms with van der Waals surface area (Å²) < 4.78 is 49.7. The summed E-state index contributed by atoms with van der Waals surface area (Å²) in [5, 5.41) is 8.58. The number of rotatable bonds is 36. The second-order valence-electron chi connectivity index (χ2n) is 17.9. The minimum Gasteiger partial charge on any atom is -0.493 e. The van der Waals surface area contributed by atoms with Crippen molar-refractivity contribution in [3.05, 3.63) is 64.8 Å². The molecule has 63 heavy (non-hydrogen) atoms. The van der Waals surface area contributed by atoms with Crippen LogP contribution in [-0.2, 0) is 23.8 Å². The van der Waals surface area contributed by atoms with Crippen molar-refractivity contribution in [2.24, 2.45) is 5.92 Å². The summed E-state index contributed by atoms with van der Waals surface area (Å²) in [5.41, 5.74) is 3.83. The number of methoxy groups -OCH3 is 2. The van der Waals surface area contributed by atoms with Gasteiger partial charge in [0, 0.05) is 13.0 Å². The number of carbonyl (C=O) groups is 1. The fourth-order valence-corrected chi connectivity index (χ4v) is 9.17. The monoisotopic (exact) mass is 901 g/mol. The third-order valence-corrected chi connectivity index (χ3v) is 13.3. The van der Waals surface area contributed by atoms with Gasteiger partial charge in [-0.15, -0.1) is 11.3 Å². The first kappa shape index (κ1) is 54.2. The summed E-state index contributed by atoms with van der Waals surface area (Å²) in [6, 6.07) is 11.8. The number of alkyl halides is 3. The third-order valence-electron chi connectivity index (χ3n) is 12.4. The molecule has 1 aliphatic rings. The van der Waals surface area contributed by atoms with E-state index in [-0.39, 0.29) is 6.42 Å². The number of carboxylic acid groups (broad SMARTS) is 1. The molecular formula is C53H83F3N2O4S. The number of ether oxygens (including phenoxy) is 2. The van der Waals surface area contributed by atoms with Crippen LogP contribution in [0.1, 0.15) is 197 Å². The maximum Gasteiger partial charge on any atom is 0.416 e. The molecule has 6 nitrogen and oxygen atoms in total. The van der Waals surface area contributed by atoms with Crippen molar-refractivity contribution >= 4 is 17.3 Å². The van der Waals surface area contributed by atoms with E-state index < -0.39 is 17.7 Å². The Balaban J connectivity index is 0.000000349. The number of carboxylic acids is 1. The van der Waals surface area contributed by atoms with Crippen LogP contribution in [-0.4, -0.2) is 54.8 Å². The maximum absolute atomic E-state index is 12.9. The molecule has 1 heterocycles. The van der Waals surface area contributed by atoms with Gasteiger partial charge in [-0.1, -0.05) is 166 Å². The van der Waals surface area contributed by atoms with Crippen molar-refractivity contribution in [3.63, 3.8) is 0 Å². The highest BCUT2D eigenvalue weighted by Crippen LogP contribution is 2.36. The Labute approximate surface area is 384 Å². The van der Waals surface area contributed by atoms with Crippen LogP contribution in [0.5, 0.6) is 11.5 Å². The van der Waals surface area contributed by atoms with Crippen molar-refractivity contribution in [2.45, 2.75) is 199 Å². The number of hydrogen-bond acceptors (Lipinski definition) is 6. The average Bonchev–Trinajstić information content (AvgIpc) is 3.99. The Morgan fingerprint density at radius 2 is 1.27 bits per heavy atom. The molecule has 0 bridgehead atoms. The number of unbranched alkanes of at least 4 members (excludes halogenated alkanes) is 20. The zero-order chi connectivity index (χ0) is 45.4. The van der Waals surface area contributed by atoms with E-state index >= 15 is 0 Å². The first-order valence-electron chi connectivity index (χ1n) is 24.9. The lowest BCUT2D eigenvalue weighted by Gasteiger charge is -2.23. The van der Waals surface area contributed by atoms with Crippen molar-refractivity contribution < 1.29 is 32.5 Å². The van der Waals surface area contributed by atoms with Crippen LogP contribution >= 0.6 is 11.3 Å². The van der Waals surface area contributed by atoms with E-state index in [1.807, 2.05) is 6.07 Å². The second kappa shape index (κ2) is 33.4. The molecule has 0 radical (unpaired) electrons. The summed E-state index contributed by atoms with van der Waals surface area (Å²) in [4.78, 5) is 18.3. The van der Waals surface area contributed by atoms with Crippen molar-refractivity contribution in [1.29, 1.82) is 0 Å². The summed E-state index contributed by atoms with van der Waals surface area (Å²) in [7, 11) is 3.43. The van der Waals surface area contributed by atoms with Gasteiger partial charge < -0.3 is 19.5 Å². The number of nitrogens with zero attached hydrogens (tertiary/aromatic N) is 2. The molecule has 1 fully saturated rings. The van der Waals surface area contributed by atoms with Crippen LogP contribution in [0.4, 0.5) is 13.2 Å². The fourth-order valence-electron chi connectivity index (χ4n) is 8.34. The third kappa shape index (κ3) is 25.2. The molecule has 0 amide bonds. The van der Waals surface area contributed by atoms with E-state index in [2.05, 4.69) is 28.9 Å². The second-order valence-corrected chi connectivity index (χ2v) is 18.7. The van der Waals surface area contributed by atoms with Gasteiger partial charge in [0.25, 0.3) is 0 Å². The fraction of sp³-hybridized carbons (Fsp3) is 0.698. The highest BCUT2D eigenvalue weighted by molar-refractivity contribution is 7.13. The molecule has 356 valence electrons. The lowest BCUT2D eigenvalue weighted by atomic mass is 10.0. The Hall–Kier alpha value is -3.11. The van der Waals surface area contributed by atoms with Crippen LogP contribution in [0, 0.1) is 5.92 Å². The van der Waals surface area contributed by atoms with E-state index in [0.29, 0.717) is 5.56 Å². The van der Waals surface area contributed by atoms with Gasteiger partial charge in [0.2, 0.25) is 0 Å². The lowest BCUT2D eigenvalue weighted by Crippen LogP contribution is -2.28. The Kier molecular flexibility index (Phi) is 28.7. The highest BCUT2D eigenvalue weighted by Gasteiger charge is 2.30. The molecule has 1 aliphatic carbocycles. The quantitative estimate of drug-likeness (QED) is 0.0586. The van der Waals surface area contributed by atoms with Gasteiger partial charge in [0.05, 0.1) is 35.9 Å². The zero-order valence-corrected chi connectivity index (χ0v) is 40.2. The molecule has 0 atom stereocenters. The van der Waals surface area contributed by atoms with Gasteiger partial charge in [0.1, 0.15) is 0 Å². The number of benzene rings is 2. The summed E-state index contributed by atoms with van der Waals surface area (Å²) in [5.74, 6) is 2.04. The van der Waals surface area contributed by atoms with E-state index in [4.69, 9.17) is 14.6 Å². The van der Waals surface area contributed by atoms with Crippen LogP contribution in [0.15, 0.2) is 48.0 Å². The summed E-state index contributed by atoms with van der Waals surface area (Å²) in [6.45, 7) is 5.95. The number of thiazole rings is 1. The molecule has 0 aliphatic heterocycles. The predicted octanol–water partition coefficient (Wildman–Crippen LogP) is 16.2. The Morgan fingerprint density at radius 1 is 0.698 bits per heavy atom. The van der Waals surface area contributed by atoms with Gasteiger partial charge in [-0.25, -0.2) is 4.98 Å². The number of halogens is 3. The minimum absolute atomic E-state index is 0.238. The van der Waals surface area contributed by atoms with E-state index in [1.54, 1.807) is 25.8 Å². The first-order valence-corrected chi connectivity index (χ1v) is 25.8. The van der Waals surface area contributed by atoms with Crippen molar-refractivity contribution in [2.75, 3.05) is 33.9 Å². The number of hydrogen-bond donors (Lipinski definition) is 1. The molecular weight excluding hydrogens is 818 g/mol. The summed E-state index contributed by atoms with van der Waals surface area (Å²) >= 11 is 1.38. The minimum atomic E-state index is -4.34. The van der Waals surface area contributed by atoms with E-state index in [9.17, 15) is 18.0 Å². The molecule has 1 saturated carbocycles. The van der Waals surface area contributed by atoms with Crippen LogP contribution in [0.3, 0.4) is 0 Å². The van der Waals surface area contributed by atoms with Gasteiger partial charge in [-0.3, -0.25) is 4.79 Å². The van der Waals surface area contributed by atoms with Crippen molar-refractivity contribution in [1.82, 2.24) is 9.88 Å². The molecule has 0 unspecified atom stereocenters. The molecule has 3 aromatic rings. The molecule has 10 heteroatoms. The average molecular weight is 901 g/mol. The normalized spacial score (nSPS) is 12.7. The van der Waals surface area contributed by atoms with Gasteiger partial charge >= 0.3 is 12.1 Å². The largest absolute Gasteiger partial charge is 0.493 e. The molecule has 1 aromatic heterocycles. The smallest absolute Gasteiger partial charge is 0.416 e. The van der Waals surface area contributed by atoms with Gasteiger partial charge in [-0.05, 0) is 92.9 Å². The van der Waals surface area contributed by atoms with Gasteiger partial charge in [0.15, 0.2) is 11.5 Å². The lowest BCUT2D eigenvalue weighted by molar-refractivity contribution is -0.138. The standard InChI is InChI=1S/C33H59NO2.C20H24F3NO2S/c1-4-5-6-7-8-12-15-18-26-34(28-25-31-23-24-32(35-2)33(29-31)36-3)27-19-16-13-10-9-11-14-17-20-30-21-22-30;21-20(22,23)16-10-8-9-15(13-16)19-17(24-14-27-19)11-6-4-2-1-3-5-7-12-18(25)26/h23-24,29-30H,4-22,25-28H2,1-3H3;8-10,13-14H,1-7,11-12H2,(H,25,26). The van der Waals surface area contributed by atoms with Crippen molar-refractivity contribution in [3.8, 4) is 21.9 Å². The Morgan fingerprint density at radius 3 is 1.84 bits per heavy atom. The SMILES string of the molecule is CCCCCCCCCCN(CCCCCCCCCCC1CC1)CCc1ccc(OC)c(OC)c1.O=C(O)CCCCCCCCCc1ncsc1-c1cccc(C(F)(F)F)c1. The van der Waals surface area contributed by atoms with Crippen LogP contribution < -0.4 is 9.47 Å². The number of aryl methyl sites for hydroxylation is 1. The van der Waals surface area contributed by atoms with Crippen LogP contribution in [0.2, 0.25) is 0 Å². The first-order chi connectivity index (χ1) is 30.6. The highest BCUT2D eigenvalue weighted by atomic mass is 32.1.